The molecule has 0 aromatic heterocycles. The second-order valence-corrected chi connectivity index (χ2v) is 15.2. The highest BCUT2D eigenvalue weighted by Gasteiger charge is 2.26. The van der Waals surface area contributed by atoms with Crippen molar-refractivity contribution in [1.82, 2.24) is 0 Å². The Labute approximate surface area is 303 Å². The van der Waals surface area contributed by atoms with Gasteiger partial charge in [-0.05, 0) is 106 Å². The molecule has 0 saturated heterocycles. The van der Waals surface area contributed by atoms with Crippen molar-refractivity contribution in [3.8, 4) is 0 Å². The molecule has 0 heterocycles. The summed E-state index contributed by atoms with van der Waals surface area (Å²) in [5, 5.41) is 2.99. The summed E-state index contributed by atoms with van der Waals surface area (Å²) in [7, 11) is 0. The summed E-state index contributed by atoms with van der Waals surface area (Å²) in [6, 6.07) is 15.7. The molecule has 1 N–H and O–H groups in total. The molecule has 50 heavy (non-hydrogen) atoms. The van der Waals surface area contributed by atoms with Crippen LogP contribution in [0.25, 0.3) is 6.08 Å². The molecule has 2 aromatic carbocycles. The molecule has 0 bridgehead atoms. The van der Waals surface area contributed by atoms with E-state index in [0.717, 1.165) is 16.8 Å². The van der Waals surface area contributed by atoms with Gasteiger partial charge in [-0.25, -0.2) is 0 Å². The van der Waals surface area contributed by atoms with E-state index in [2.05, 4.69) is 172 Å². The Hall–Kier alpha value is -4.69. The van der Waals surface area contributed by atoms with Crippen LogP contribution in [-0.4, -0.2) is 5.91 Å². The molecule has 0 unspecified atom stereocenters. The predicted octanol–water partition coefficient (Wildman–Crippen LogP) is 13.8. The van der Waals surface area contributed by atoms with Crippen LogP contribution in [0.15, 0.2) is 161 Å². The van der Waals surface area contributed by atoms with Crippen LogP contribution in [0.3, 0.4) is 0 Å². The zero-order valence-corrected chi connectivity index (χ0v) is 32.2. The van der Waals surface area contributed by atoms with Crippen molar-refractivity contribution >= 4 is 17.7 Å². The molecule has 0 spiro atoms. The van der Waals surface area contributed by atoms with Gasteiger partial charge in [0.2, 0.25) is 0 Å². The van der Waals surface area contributed by atoms with E-state index in [4.69, 9.17) is 0 Å². The van der Waals surface area contributed by atoms with Crippen molar-refractivity contribution in [3.63, 3.8) is 0 Å². The number of carbonyl (C=O) groups excluding carboxylic acids is 1. The first-order valence-electron chi connectivity index (χ1n) is 17.9. The second kappa shape index (κ2) is 18.9. The first kappa shape index (κ1) is 39.7. The molecule has 262 valence electrons. The topological polar surface area (TPSA) is 29.1 Å². The predicted molar refractivity (Wildman–Crippen MR) is 220 cm³/mol. The smallest absolute Gasteiger partial charge is 0.255 e. The SMILES string of the molecule is CC1=C(/C=C/C(C)=C/C=C/C(C)=C/C=C/C=C(C)/C=C/C=C(C)/C=C/c2ccc(C(=O)Nc3ccc(C(C)(C)C)cc3)cc2)C(C)(C)CCC1. The van der Waals surface area contributed by atoms with Gasteiger partial charge in [0.15, 0.2) is 0 Å². The molecule has 2 heteroatoms. The van der Waals surface area contributed by atoms with E-state index < -0.39 is 0 Å². The third-order valence-electron chi connectivity index (χ3n) is 9.04. The molecule has 1 aliphatic carbocycles. The zero-order valence-electron chi connectivity index (χ0n) is 32.2. The summed E-state index contributed by atoms with van der Waals surface area (Å²) in [6.07, 6.45) is 33.6. The Morgan fingerprint density at radius 2 is 1.18 bits per heavy atom. The fraction of sp³-hybridized carbons (Fsp3) is 0.312. The second-order valence-electron chi connectivity index (χ2n) is 15.2. The van der Waals surface area contributed by atoms with E-state index >= 15 is 0 Å². The Balaban J connectivity index is 1.46. The first-order valence-corrected chi connectivity index (χ1v) is 17.9. The fourth-order valence-corrected chi connectivity index (χ4v) is 5.80. The zero-order chi connectivity index (χ0) is 36.7. The van der Waals surface area contributed by atoms with E-state index in [1.807, 2.05) is 36.4 Å². The number of benzene rings is 2. The van der Waals surface area contributed by atoms with Crippen molar-refractivity contribution in [1.29, 1.82) is 0 Å². The molecule has 2 nitrogen and oxygen atoms in total. The molecule has 3 rings (SSSR count). The highest BCUT2D eigenvalue weighted by atomic mass is 16.1. The van der Waals surface area contributed by atoms with Gasteiger partial charge in [0.1, 0.15) is 0 Å². The Kier molecular flexibility index (Phi) is 15.0. The Bertz CT molecular complexity index is 1760. The number of allylic oxidation sites excluding steroid dienone is 19. The minimum absolute atomic E-state index is 0.0823. The summed E-state index contributed by atoms with van der Waals surface area (Å²) in [5.41, 5.74) is 11.9. The van der Waals surface area contributed by atoms with Crippen LogP contribution in [-0.2, 0) is 5.41 Å². The quantitative estimate of drug-likeness (QED) is 0.225. The van der Waals surface area contributed by atoms with Gasteiger partial charge in [-0.2, -0.15) is 0 Å². The van der Waals surface area contributed by atoms with Crippen molar-refractivity contribution in [2.24, 2.45) is 5.41 Å². The summed E-state index contributed by atoms with van der Waals surface area (Å²) in [5.74, 6) is -0.111. The largest absolute Gasteiger partial charge is 0.322 e. The van der Waals surface area contributed by atoms with E-state index in [-0.39, 0.29) is 16.7 Å². The normalized spacial score (nSPS) is 17.0. The minimum Gasteiger partial charge on any atom is -0.322 e. The lowest BCUT2D eigenvalue weighted by atomic mass is 9.72. The maximum Gasteiger partial charge on any atom is 0.255 e. The lowest BCUT2D eigenvalue weighted by Gasteiger charge is -2.32. The van der Waals surface area contributed by atoms with Crippen molar-refractivity contribution in [2.75, 3.05) is 5.32 Å². The number of rotatable bonds is 12. The monoisotopic (exact) mass is 665 g/mol. The van der Waals surface area contributed by atoms with E-state index in [0.29, 0.717) is 5.56 Å². The standard InChI is InChI=1S/C48H59NO/c1-36(16-11-12-17-37(2)19-14-21-39(4)24-34-45-40(5)22-15-35-48(45,9)10)18-13-20-38(3)23-25-41-26-28-42(29-27-41)46(50)49-44-32-30-43(31-33-44)47(6,7)8/h11-14,16-21,23-34H,15,22,35H2,1-10H3,(H,49,50)/b12-11+,18-13+,19-14+,25-23+,34-24+,36-16+,37-17+,38-20+,39-21+. The highest BCUT2D eigenvalue weighted by molar-refractivity contribution is 6.04. The summed E-state index contributed by atoms with van der Waals surface area (Å²) >= 11 is 0. The number of amides is 1. The number of carbonyl (C=O) groups is 1. The third kappa shape index (κ3) is 13.7. The maximum atomic E-state index is 12.7. The molecular formula is C48H59NO. The van der Waals surface area contributed by atoms with Crippen molar-refractivity contribution < 1.29 is 4.79 Å². The van der Waals surface area contributed by atoms with Gasteiger partial charge < -0.3 is 5.32 Å². The average Bonchev–Trinajstić information content (AvgIpc) is 3.05. The van der Waals surface area contributed by atoms with Crippen LogP contribution in [0.4, 0.5) is 5.69 Å². The van der Waals surface area contributed by atoms with E-state index in [1.165, 1.54) is 52.7 Å². The van der Waals surface area contributed by atoms with E-state index in [9.17, 15) is 4.79 Å². The molecule has 0 saturated carbocycles. The number of hydrogen-bond donors (Lipinski definition) is 1. The minimum atomic E-state index is -0.111. The van der Waals surface area contributed by atoms with E-state index in [1.54, 1.807) is 0 Å². The molecule has 0 radical (unpaired) electrons. The van der Waals surface area contributed by atoms with Crippen molar-refractivity contribution in [2.45, 2.75) is 93.9 Å². The van der Waals surface area contributed by atoms with Gasteiger partial charge in [0.25, 0.3) is 5.91 Å². The number of anilines is 1. The van der Waals surface area contributed by atoms with Gasteiger partial charge in [-0.15, -0.1) is 0 Å². The van der Waals surface area contributed by atoms with Crippen LogP contribution in [0.2, 0.25) is 0 Å². The van der Waals surface area contributed by atoms with Crippen molar-refractivity contribution in [3.05, 3.63) is 178 Å². The maximum absolute atomic E-state index is 12.7. The average molecular weight is 666 g/mol. The molecular weight excluding hydrogens is 607 g/mol. The highest BCUT2D eigenvalue weighted by Crippen LogP contribution is 2.40. The number of hydrogen-bond acceptors (Lipinski definition) is 1. The van der Waals surface area contributed by atoms with Crippen LogP contribution in [0.1, 0.15) is 110 Å². The molecule has 0 fully saturated rings. The van der Waals surface area contributed by atoms with Crippen LogP contribution < -0.4 is 5.32 Å². The van der Waals surface area contributed by atoms with Crippen LogP contribution in [0.5, 0.6) is 0 Å². The fourth-order valence-electron chi connectivity index (χ4n) is 5.80. The van der Waals surface area contributed by atoms with Gasteiger partial charge in [-0.3, -0.25) is 4.79 Å². The number of nitrogens with one attached hydrogen (secondary N) is 1. The van der Waals surface area contributed by atoms with Crippen LogP contribution in [0, 0.1) is 5.41 Å². The molecule has 1 amide bonds. The third-order valence-corrected chi connectivity index (χ3v) is 9.04. The first-order chi connectivity index (χ1) is 23.6. The summed E-state index contributed by atoms with van der Waals surface area (Å²) in [4.78, 5) is 12.7. The Morgan fingerprint density at radius 3 is 1.70 bits per heavy atom. The molecule has 2 aromatic rings. The lowest BCUT2D eigenvalue weighted by Crippen LogP contribution is -2.19. The van der Waals surface area contributed by atoms with Gasteiger partial charge >= 0.3 is 0 Å². The van der Waals surface area contributed by atoms with Gasteiger partial charge in [-0.1, -0.05) is 172 Å². The lowest BCUT2D eigenvalue weighted by molar-refractivity contribution is 0.102. The molecule has 1 aliphatic rings. The molecule has 0 atom stereocenters. The Morgan fingerprint density at radius 1 is 0.680 bits per heavy atom. The van der Waals surface area contributed by atoms with Gasteiger partial charge in [0, 0.05) is 11.3 Å². The van der Waals surface area contributed by atoms with Gasteiger partial charge in [0.05, 0.1) is 0 Å². The van der Waals surface area contributed by atoms with Crippen LogP contribution >= 0.6 is 0 Å². The summed E-state index contributed by atoms with van der Waals surface area (Å²) in [6.45, 7) is 22.0. The summed E-state index contributed by atoms with van der Waals surface area (Å²) < 4.78 is 0. The molecule has 0 aliphatic heterocycles.